The highest BCUT2D eigenvalue weighted by Crippen LogP contribution is 2.43. The Balaban J connectivity index is 1.29. The van der Waals surface area contributed by atoms with Crippen LogP contribution in [0.2, 0.25) is 0 Å². The summed E-state index contributed by atoms with van der Waals surface area (Å²) in [5.74, 6) is -9.81. The van der Waals surface area contributed by atoms with Gasteiger partial charge in [-0.25, -0.2) is 14.4 Å². The molecule has 5 aliphatic heterocycles. The molecule has 0 spiro atoms. The lowest BCUT2D eigenvalue weighted by Crippen LogP contribution is -2.69. The van der Waals surface area contributed by atoms with Gasteiger partial charge in [0.05, 0.1) is 38.1 Å². The van der Waals surface area contributed by atoms with E-state index in [1.165, 1.54) is 84.9 Å². The summed E-state index contributed by atoms with van der Waals surface area (Å²) < 4.78 is 78.9. The average Bonchev–Trinajstić information content (AvgIpc) is 1.33. The number of aromatic hydroxyl groups is 2. The van der Waals surface area contributed by atoms with Crippen LogP contribution in [0.3, 0.4) is 0 Å². The Morgan fingerprint density at radius 1 is 0.489 bits per heavy atom. The number of esters is 4. The van der Waals surface area contributed by atoms with Crippen LogP contribution in [0.25, 0.3) is 12.2 Å². The van der Waals surface area contributed by atoms with E-state index in [-0.39, 0.29) is 17.1 Å². The zero-order valence-corrected chi connectivity index (χ0v) is 49.2. The van der Waals surface area contributed by atoms with Gasteiger partial charge in [-0.3, -0.25) is 4.79 Å². The summed E-state index contributed by atoms with van der Waals surface area (Å²) in [7, 11) is 0. The minimum atomic E-state index is -2.97. The van der Waals surface area contributed by atoms with Crippen LogP contribution in [0.5, 0.6) is 11.5 Å². The van der Waals surface area contributed by atoms with Crippen LogP contribution in [0.4, 0.5) is 0 Å². The lowest BCUT2D eigenvalue weighted by molar-refractivity contribution is -0.422. The van der Waals surface area contributed by atoms with Crippen LogP contribution < -0.4 is 0 Å². The first-order valence-electron chi connectivity index (χ1n) is 28.9. The van der Waals surface area contributed by atoms with Crippen molar-refractivity contribution in [1.29, 1.82) is 0 Å². The van der Waals surface area contributed by atoms with Crippen LogP contribution in [0, 0.1) is 5.92 Å². The van der Waals surface area contributed by atoms with Gasteiger partial charge in [-0.2, -0.15) is 0 Å². The average molecular weight is 1310 g/mol. The van der Waals surface area contributed by atoms with Crippen molar-refractivity contribution in [2.45, 2.75) is 161 Å². The highest BCUT2D eigenvalue weighted by atomic mass is 16.8. The fourth-order valence-corrected chi connectivity index (χ4v) is 10.8. The summed E-state index contributed by atoms with van der Waals surface area (Å²) in [6, 6.07) is 18.0. The van der Waals surface area contributed by atoms with Gasteiger partial charge in [0, 0.05) is 31.4 Å². The molecule has 24 unspecified atom stereocenters. The minimum absolute atomic E-state index is 0.105. The molecule has 0 aromatic heterocycles. The molecule has 14 N–H and O–H groups in total. The Kier molecular flexibility index (Phi) is 24.8. The van der Waals surface area contributed by atoms with Crippen molar-refractivity contribution in [1.82, 2.24) is 0 Å². The maximum absolute atomic E-state index is 14.2. The number of ether oxygens (including phenoxy) is 13. The summed E-state index contributed by atoms with van der Waals surface area (Å²) in [6.07, 6.45) is -42.7. The van der Waals surface area contributed by atoms with E-state index in [1.807, 2.05) is 0 Å². The fourth-order valence-electron chi connectivity index (χ4n) is 10.8. The number of phenolic OH excluding ortho intramolecular Hbond substituents is 2. The molecular weight excluding hydrogens is 1230 g/mol. The largest absolute Gasteiger partial charge is 0.508 e. The van der Waals surface area contributed by atoms with E-state index in [9.17, 15) is 95.5 Å². The quantitative estimate of drug-likeness (QED) is 0.0217. The van der Waals surface area contributed by atoms with Gasteiger partial charge < -0.3 is 138 Å². The third-order valence-electron chi connectivity index (χ3n) is 15.6. The van der Waals surface area contributed by atoms with E-state index in [2.05, 4.69) is 0 Å². The van der Waals surface area contributed by atoms with Gasteiger partial charge in [-0.1, -0.05) is 42.5 Å². The molecular formula is C60H74O32. The smallest absolute Gasteiger partial charge is 0.338 e. The van der Waals surface area contributed by atoms with Gasteiger partial charge in [-0.15, -0.1) is 0 Å². The summed E-state index contributed by atoms with van der Waals surface area (Å²) in [6.45, 7) is -4.25. The van der Waals surface area contributed by atoms with E-state index in [0.29, 0.717) is 11.1 Å². The lowest BCUT2D eigenvalue weighted by atomic mass is 9.84. The van der Waals surface area contributed by atoms with Gasteiger partial charge in [0.15, 0.2) is 37.4 Å². The third kappa shape index (κ3) is 17.0. The highest BCUT2D eigenvalue weighted by Gasteiger charge is 2.64. The number of phenols is 2. The van der Waals surface area contributed by atoms with Gasteiger partial charge in [0.25, 0.3) is 0 Å². The molecule has 32 nitrogen and oxygen atoms in total. The number of aliphatic hydroxyl groups is 12. The SMILES string of the molecule is CC(=O)CC1C(COC(C)=O)OC(OC2C(OC(=O)C=Cc3ccc(O)cc3)C(CO)OC(OC3(COC(=O)C=Cc4ccc(O)cc4)OC(CO)C(O)C3OC(=O)c3ccccc3)C2OC2OC(CO)C(O)C(O)C2O)C(O)C1OC1OC(CO)C(O)C(O)C1O. The Hall–Kier alpha value is -6.55. The molecule has 24 atom stereocenters. The van der Waals surface area contributed by atoms with E-state index < -0.39 is 222 Å². The van der Waals surface area contributed by atoms with Crippen LogP contribution in [0.1, 0.15) is 41.8 Å². The van der Waals surface area contributed by atoms with Crippen molar-refractivity contribution in [3.05, 3.63) is 108 Å². The standard InChI is InChI=1S/C60H74O32/c1-27(65)20-34-39(25-80-28(2)66)85-58(49(78)50(34)87-56-47(76)45(74)42(71)35(21-61)82-56)88-52-51(86-41(70)19-13-30-10-16-33(68)17-11-30)38(24-64)84-59(53(52)89-57-48(77)46(75)43(72)36(22-62)83-57)92-60(26-81-40(69)18-12-29-8-14-32(67)15-9-29)54(44(73)37(23-63)91-60)90-55(79)31-6-4-3-5-7-31/h3-19,34-39,42-54,56-59,61-64,67-68,71-78H,20-26H2,1-2H3. The number of ketones is 1. The number of rotatable bonds is 25. The molecule has 0 amide bonds. The second-order valence-electron chi connectivity index (χ2n) is 22.1. The number of benzene rings is 3. The van der Waals surface area contributed by atoms with Gasteiger partial charge >= 0.3 is 23.9 Å². The molecule has 8 rings (SSSR count). The predicted molar refractivity (Wildman–Crippen MR) is 301 cm³/mol. The van der Waals surface area contributed by atoms with Crippen molar-refractivity contribution >= 4 is 41.8 Å². The zero-order valence-electron chi connectivity index (χ0n) is 49.2. The normalized spacial score (nSPS) is 36.6. The fraction of sp³-hybridized carbons (Fsp3) is 0.550. The molecule has 0 radical (unpaired) electrons. The molecule has 92 heavy (non-hydrogen) atoms. The molecule has 5 saturated heterocycles. The number of carbonyl (C=O) groups excluding carboxylic acids is 5. The summed E-state index contributed by atoms with van der Waals surface area (Å²) >= 11 is 0. The first kappa shape index (κ1) is 71.3. The number of aliphatic hydroxyl groups excluding tert-OH is 12. The number of hydrogen-bond acceptors (Lipinski definition) is 32. The number of carbonyl (C=O) groups is 5. The van der Waals surface area contributed by atoms with Crippen LogP contribution >= 0.6 is 0 Å². The van der Waals surface area contributed by atoms with Gasteiger partial charge in [0.1, 0.15) is 122 Å². The molecule has 5 heterocycles. The van der Waals surface area contributed by atoms with Crippen LogP contribution in [-0.2, 0) is 80.8 Å². The van der Waals surface area contributed by atoms with Crippen molar-refractivity contribution in [3.8, 4) is 11.5 Å². The highest BCUT2D eigenvalue weighted by molar-refractivity contribution is 5.90. The molecule has 3 aromatic rings. The van der Waals surface area contributed by atoms with Crippen molar-refractivity contribution in [3.63, 3.8) is 0 Å². The monoisotopic (exact) mass is 1310 g/mol. The Labute approximate surface area is 523 Å². The summed E-state index contributed by atoms with van der Waals surface area (Å²) in [5.41, 5.74) is 0.550. The maximum Gasteiger partial charge on any atom is 0.338 e. The second kappa shape index (κ2) is 32.1. The molecule has 32 heteroatoms. The van der Waals surface area contributed by atoms with Gasteiger partial charge in [-0.05, 0) is 66.6 Å². The first-order valence-corrected chi connectivity index (χ1v) is 28.9. The van der Waals surface area contributed by atoms with E-state index in [4.69, 9.17) is 61.6 Å². The Morgan fingerprint density at radius 2 is 0.978 bits per heavy atom. The molecule has 0 aliphatic carbocycles. The van der Waals surface area contributed by atoms with Crippen molar-refractivity contribution in [2.24, 2.45) is 5.92 Å². The van der Waals surface area contributed by atoms with Crippen LogP contribution in [0.15, 0.2) is 91.0 Å². The van der Waals surface area contributed by atoms with Crippen molar-refractivity contribution < 1.29 is 157 Å². The predicted octanol–water partition coefficient (Wildman–Crippen LogP) is -4.31. The number of Topliss-reactive ketones (excluding diaryl/α,β-unsaturated/α-hetero) is 1. The maximum atomic E-state index is 14.2. The second-order valence-corrected chi connectivity index (χ2v) is 22.1. The molecule has 3 aromatic carbocycles. The molecule has 0 saturated carbocycles. The molecule has 0 bridgehead atoms. The van der Waals surface area contributed by atoms with Gasteiger partial charge in [0.2, 0.25) is 5.79 Å². The third-order valence-corrected chi connectivity index (χ3v) is 15.6. The van der Waals surface area contributed by atoms with E-state index in [1.54, 1.807) is 6.07 Å². The first-order chi connectivity index (χ1) is 43.9. The Bertz CT molecular complexity index is 2970. The number of hydrogen-bond donors (Lipinski definition) is 14. The molecule has 5 aliphatic rings. The minimum Gasteiger partial charge on any atom is -0.508 e. The van der Waals surface area contributed by atoms with E-state index >= 15 is 0 Å². The zero-order chi connectivity index (χ0) is 66.7. The summed E-state index contributed by atoms with van der Waals surface area (Å²) in [5, 5.41) is 153. The summed E-state index contributed by atoms with van der Waals surface area (Å²) in [4.78, 5) is 67.6. The van der Waals surface area contributed by atoms with Crippen LogP contribution in [-0.4, -0.2) is 282 Å². The van der Waals surface area contributed by atoms with E-state index in [0.717, 1.165) is 26.0 Å². The molecule has 5 fully saturated rings. The Morgan fingerprint density at radius 3 is 1.50 bits per heavy atom. The van der Waals surface area contributed by atoms with Crippen molar-refractivity contribution in [2.75, 3.05) is 39.6 Å². The topological polar surface area (TPSA) is 489 Å². The lowest BCUT2D eigenvalue weighted by Gasteiger charge is -2.51. The molecule has 506 valence electrons.